The molecule has 0 radical (unpaired) electrons. The van der Waals surface area contributed by atoms with Crippen molar-refractivity contribution in [3.8, 4) is 11.3 Å². The first-order chi connectivity index (χ1) is 15.1. The highest BCUT2D eigenvalue weighted by molar-refractivity contribution is 7.14. The summed E-state index contributed by atoms with van der Waals surface area (Å²) in [7, 11) is 0. The molecule has 2 aromatic carbocycles. The molecular formula is C23H20N4O3S. The first-order valence-corrected chi connectivity index (χ1v) is 10.5. The van der Waals surface area contributed by atoms with Crippen LogP contribution in [0.15, 0.2) is 72.4 Å². The molecule has 0 saturated heterocycles. The third-order valence-corrected chi connectivity index (χ3v) is 5.28. The highest BCUT2D eigenvalue weighted by Crippen LogP contribution is 2.25. The molecule has 1 N–H and O–H groups in total. The molecule has 8 heteroatoms. The second-order valence-electron chi connectivity index (χ2n) is 6.93. The number of aryl methyl sites for hydroxylation is 1. The van der Waals surface area contributed by atoms with Crippen LogP contribution in [0.25, 0.3) is 11.3 Å². The minimum Gasteiger partial charge on any atom is -0.452 e. The fourth-order valence-electron chi connectivity index (χ4n) is 2.89. The molecule has 0 saturated carbocycles. The molecule has 1 amide bonds. The lowest BCUT2D eigenvalue weighted by atomic mass is 10.1. The zero-order valence-electron chi connectivity index (χ0n) is 16.8. The van der Waals surface area contributed by atoms with Crippen LogP contribution in [-0.4, -0.2) is 33.2 Å². The van der Waals surface area contributed by atoms with Crippen molar-refractivity contribution in [2.24, 2.45) is 0 Å². The van der Waals surface area contributed by atoms with Gasteiger partial charge >= 0.3 is 5.97 Å². The van der Waals surface area contributed by atoms with Crippen LogP contribution in [0.5, 0.6) is 0 Å². The van der Waals surface area contributed by atoms with E-state index in [4.69, 9.17) is 4.74 Å². The van der Waals surface area contributed by atoms with Crippen LogP contribution < -0.4 is 5.32 Å². The number of thiazole rings is 1. The van der Waals surface area contributed by atoms with Crippen LogP contribution in [0.2, 0.25) is 0 Å². The van der Waals surface area contributed by atoms with Gasteiger partial charge in [-0.05, 0) is 30.7 Å². The average Bonchev–Trinajstić information content (AvgIpc) is 3.45. The molecule has 0 aliphatic rings. The third kappa shape index (κ3) is 5.43. The van der Waals surface area contributed by atoms with Crippen molar-refractivity contribution in [3.63, 3.8) is 0 Å². The Morgan fingerprint density at radius 2 is 1.87 bits per heavy atom. The molecule has 2 aromatic heterocycles. The Bertz CT molecular complexity index is 1170. The van der Waals surface area contributed by atoms with Crippen molar-refractivity contribution in [1.29, 1.82) is 0 Å². The molecule has 4 aromatic rings. The van der Waals surface area contributed by atoms with Gasteiger partial charge in [0, 0.05) is 23.3 Å². The lowest BCUT2D eigenvalue weighted by molar-refractivity contribution is -0.119. The molecule has 0 atom stereocenters. The summed E-state index contributed by atoms with van der Waals surface area (Å²) in [6.45, 7) is 2.25. The average molecular weight is 433 g/mol. The van der Waals surface area contributed by atoms with Gasteiger partial charge in [0.1, 0.15) is 0 Å². The number of anilines is 1. The van der Waals surface area contributed by atoms with E-state index in [1.807, 2.05) is 61.0 Å². The number of amides is 1. The second-order valence-corrected chi connectivity index (χ2v) is 7.79. The first-order valence-electron chi connectivity index (χ1n) is 9.63. The van der Waals surface area contributed by atoms with Gasteiger partial charge in [-0.15, -0.1) is 11.3 Å². The molecule has 0 aliphatic heterocycles. The number of nitrogens with one attached hydrogen (secondary N) is 1. The molecule has 0 fully saturated rings. The number of ether oxygens (including phenoxy) is 1. The van der Waals surface area contributed by atoms with E-state index in [-0.39, 0.29) is 6.61 Å². The summed E-state index contributed by atoms with van der Waals surface area (Å²) in [5.41, 5.74) is 4.32. The van der Waals surface area contributed by atoms with E-state index in [1.54, 1.807) is 23.0 Å². The van der Waals surface area contributed by atoms with E-state index in [9.17, 15) is 9.59 Å². The van der Waals surface area contributed by atoms with Crippen LogP contribution in [0, 0.1) is 6.92 Å². The highest BCUT2D eigenvalue weighted by Gasteiger charge is 2.12. The van der Waals surface area contributed by atoms with Gasteiger partial charge in [0.2, 0.25) is 0 Å². The predicted molar refractivity (Wildman–Crippen MR) is 119 cm³/mol. The Hall–Kier alpha value is -3.78. The van der Waals surface area contributed by atoms with Gasteiger partial charge in [-0.2, -0.15) is 5.10 Å². The minimum atomic E-state index is -0.555. The molecule has 0 spiro atoms. The van der Waals surface area contributed by atoms with Gasteiger partial charge in [0.15, 0.2) is 11.7 Å². The lowest BCUT2D eigenvalue weighted by Crippen LogP contribution is -2.20. The number of esters is 1. The number of nitrogens with zero attached hydrogens (tertiary/aromatic N) is 3. The zero-order valence-corrected chi connectivity index (χ0v) is 17.6. The smallest absolute Gasteiger partial charge is 0.338 e. The minimum absolute atomic E-state index is 0.382. The molecule has 156 valence electrons. The number of carbonyl (C=O) groups excluding carboxylic acids is 2. The fourth-order valence-corrected chi connectivity index (χ4v) is 3.62. The molecule has 2 heterocycles. The largest absolute Gasteiger partial charge is 0.452 e. The van der Waals surface area contributed by atoms with Crippen LogP contribution in [0.3, 0.4) is 0 Å². The number of carbonyl (C=O) groups is 2. The Kier molecular flexibility index (Phi) is 6.18. The van der Waals surface area contributed by atoms with Crippen molar-refractivity contribution in [3.05, 3.63) is 89.1 Å². The normalized spacial score (nSPS) is 10.6. The van der Waals surface area contributed by atoms with E-state index in [0.717, 1.165) is 16.8 Å². The number of hydrogen-bond donors (Lipinski definition) is 1. The van der Waals surface area contributed by atoms with Crippen molar-refractivity contribution >= 4 is 28.3 Å². The SMILES string of the molecule is Cc1ccc(-c2csc(NC(=O)COC(=O)c3ccc(Cn4cccn4)cc3)n2)cc1. The Morgan fingerprint density at radius 1 is 1.10 bits per heavy atom. The first kappa shape index (κ1) is 20.5. The summed E-state index contributed by atoms with van der Waals surface area (Å²) in [5.74, 6) is -0.992. The molecule has 0 aliphatic carbocycles. The third-order valence-electron chi connectivity index (χ3n) is 4.53. The van der Waals surface area contributed by atoms with Gasteiger partial charge in [0.25, 0.3) is 5.91 Å². The van der Waals surface area contributed by atoms with Crippen molar-refractivity contribution in [2.45, 2.75) is 13.5 Å². The van der Waals surface area contributed by atoms with E-state index < -0.39 is 11.9 Å². The Balaban J connectivity index is 1.27. The molecule has 7 nitrogen and oxygen atoms in total. The van der Waals surface area contributed by atoms with Gasteiger partial charge in [-0.25, -0.2) is 9.78 Å². The van der Waals surface area contributed by atoms with Gasteiger partial charge in [0.05, 0.1) is 17.8 Å². The number of benzene rings is 2. The number of aromatic nitrogens is 3. The maximum Gasteiger partial charge on any atom is 0.338 e. The summed E-state index contributed by atoms with van der Waals surface area (Å²) in [6, 6.07) is 16.9. The van der Waals surface area contributed by atoms with Crippen LogP contribution in [0.1, 0.15) is 21.5 Å². The van der Waals surface area contributed by atoms with Crippen molar-refractivity contribution in [2.75, 3.05) is 11.9 Å². The van der Waals surface area contributed by atoms with Gasteiger partial charge in [-0.1, -0.05) is 42.0 Å². The summed E-state index contributed by atoms with van der Waals surface area (Å²) >= 11 is 1.32. The molecule has 4 rings (SSSR count). The number of rotatable bonds is 7. The fraction of sp³-hybridized carbons (Fsp3) is 0.130. The monoisotopic (exact) mass is 432 g/mol. The van der Waals surface area contributed by atoms with E-state index in [0.29, 0.717) is 17.2 Å². The Morgan fingerprint density at radius 3 is 2.58 bits per heavy atom. The van der Waals surface area contributed by atoms with Gasteiger partial charge < -0.3 is 4.74 Å². The summed E-state index contributed by atoms with van der Waals surface area (Å²) in [4.78, 5) is 28.8. The summed E-state index contributed by atoms with van der Waals surface area (Å²) < 4.78 is 6.91. The highest BCUT2D eigenvalue weighted by atomic mass is 32.1. The molecule has 0 unspecified atom stereocenters. The number of hydrogen-bond acceptors (Lipinski definition) is 6. The summed E-state index contributed by atoms with van der Waals surface area (Å²) in [6.07, 6.45) is 3.58. The molecular weight excluding hydrogens is 412 g/mol. The predicted octanol–water partition coefficient (Wildman–Crippen LogP) is 4.16. The molecule has 31 heavy (non-hydrogen) atoms. The zero-order chi connectivity index (χ0) is 21.6. The van der Waals surface area contributed by atoms with E-state index in [1.165, 1.54) is 16.9 Å². The Labute approximate surface area is 183 Å². The summed E-state index contributed by atoms with van der Waals surface area (Å²) in [5, 5.41) is 9.15. The maximum absolute atomic E-state index is 12.2. The molecule has 0 bridgehead atoms. The van der Waals surface area contributed by atoms with Crippen LogP contribution >= 0.6 is 11.3 Å². The van der Waals surface area contributed by atoms with E-state index >= 15 is 0 Å². The second kappa shape index (κ2) is 9.36. The maximum atomic E-state index is 12.2. The van der Waals surface area contributed by atoms with Crippen LogP contribution in [0.4, 0.5) is 5.13 Å². The van der Waals surface area contributed by atoms with Crippen molar-refractivity contribution < 1.29 is 14.3 Å². The topological polar surface area (TPSA) is 86.1 Å². The van der Waals surface area contributed by atoms with Crippen LogP contribution in [-0.2, 0) is 16.1 Å². The lowest BCUT2D eigenvalue weighted by Gasteiger charge is -2.06. The van der Waals surface area contributed by atoms with E-state index in [2.05, 4.69) is 15.4 Å². The van der Waals surface area contributed by atoms with Gasteiger partial charge in [-0.3, -0.25) is 14.8 Å². The van der Waals surface area contributed by atoms with Crippen molar-refractivity contribution in [1.82, 2.24) is 14.8 Å². The quantitative estimate of drug-likeness (QED) is 0.443. The standard InChI is InChI=1S/C23H20N4O3S/c1-16-3-7-18(8-4-16)20-15-31-23(25-20)26-21(28)14-30-22(29)19-9-5-17(6-10-19)13-27-12-2-11-24-27/h2-12,15H,13-14H2,1H3,(H,25,26,28).